The van der Waals surface area contributed by atoms with Gasteiger partial charge in [-0.25, -0.2) is 4.79 Å². The van der Waals surface area contributed by atoms with E-state index in [1.54, 1.807) is 6.08 Å². The molecule has 0 saturated carbocycles. The summed E-state index contributed by atoms with van der Waals surface area (Å²) in [7, 11) is 0. The maximum absolute atomic E-state index is 11.2. The zero-order valence-electron chi connectivity index (χ0n) is 12.2. The standard InChI is InChI=1S/C16H26O3/c1-4-5-6-7-8-9-10-11-12-13-14(2)16(18)19-15(3)17/h12-13H,2,4-11H2,1,3H3. The Balaban J connectivity index is 3.54. The van der Waals surface area contributed by atoms with Crippen LogP contribution in [0.25, 0.3) is 0 Å². The summed E-state index contributed by atoms with van der Waals surface area (Å²) in [5.74, 6) is -1.27. The fourth-order valence-electron chi connectivity index (χ4n) is 1.71. The van der Waals surface area contributed by atoms with E-state index in [0.717, 1.165) is 12.8 Å². The van der Waals surface area contributed by atoms with Crippen molar-refractivity contribution >= 4 is 11.9 Å². The van der Waals surface area contributed by atoms with Crippen LogP contribution in [0, 0.1) is 0 Å². The molecule has 0 spiro atoms. The molecule has 0 amide bonds. The van der Waals surface area contributed by atoms with E-state index in [9.17, 15) is 9.59 Å². The third-order valence-electron chi connectivity index (χ3n) is 2.79. The van der Waals surface area contributed by atoms with Crippen LogP contribution in [-0.2, 0) is 14.3 Å². The Morgan fingerprint density at radius 2 is 1.63 bits per heavy atom. The molecular formula is C16H26O3. The monoisotopic (exact) mass is 266 g/mol. The number of carbonyl (C=O) groups is 2. The predicted octanol–water partition coefficient (Wildman–Crippen LogP) is 4.33. The third kappa shape index (κ3) is 11.4. The lowest BCUT2D eigenvalue weighted by Gasteiger charge is -2.00. The lowest BCUT2D eigenvalue weighted by molar-refractivity contribution is -0.154. The third-order valence-corrected chi connectivity index (χ3v) is 2.79. The van der Waals surface area contributed by atoms with E-state index in [1.165, 1.54) is 45.4 Å². The fraction of sp³-hybridized carbons (Fsp3) is 0.625. The summed E-state index contributed by atoms with van der Waals surface area (Å²) in [6, 6.07) is 0. The topological polar surface area (TPSA) is 43.4 Å². The van der Waals surface area contributed by atoms with Crippen LogP contribution >= 0.6 is 0 Å². The van der Waals surface area contributed by atoms with E-state index in [4.69, 9.17) is 0 Å². The summed E-state index contributed by atoms with van der Waals surface area (Å²) in [6.07, 6.45) is 13.4. The summed E-state index contributed by atoms with van der Waals surface area (Å²) in [5.41, 5.74) is 0.221. The normalized spacial score (nSPS) is 10.6. The number of rotatable bonds is 10. The SMILES string of the molecule is C=C(C=CCCCCCCCCC)C(=O)OC(C)=O. The fourth-order valence-corrected chi connectivity index (χ4v) is 1.71. The average Bonchev–Trinajstić information content (AvgIpc) is 2.35. The van der Waals surface area contributed by atoms with Gasteiger partial charge in [0, 0.05) is 6.92 Å². The Kier molecular flexibility index (Phi) is 10.8. The van der Waals surface area contributed by atoms with Crippen molar-refractivity contribution in [2.75, 3.05) is 0 Å². The molecule has 0 atom stereocenters. The van der Waals surface area contributed by atoms with Gasteiger partial charge in [-0.3, -0.25) is 4.79 Å². The highest BCUT2D eigenvalue weighted by molar-refractivity contribution is 5.97. The second-order valence-electron chi connectivity index (χ2n) is 4.72. The Morgan fingerprint density at radius 3 is 2.21 bits per heavy atom. The smallest absolute Gasteiger partial charge is 0.345 e. The van der Waals surface area contributed by atoms with E-state index in [1.807, 2.05) is 6.08 Å². The van der Waals surface area contributed by atoms with Crippen molar-refractivity contribution in [1.82, 2.24) is 0 Å². The highest BCUT2D eigenvalue weighted by atomic mass is 16.6. The van der Waals surface area contributed by atoms with Gasteiger partial charge in [-0.05, 0) is 12.8 Å². The molecule has 0 aromatic carbocycles. The van der Waals surface area contributed by atoms with Crippen molar-refractivity contribution in [3.8, 4) is 0 Å². The molecule has 0 aromatic rings. The van der Waals surface area contributed by atoms with E-state index < -0.39 is 11.9 Å². The largest absolute Gasteiger partial charge is 0.390 e. The molecule has 0 aromatic heterocycles. The molecule has 0 aliphatic carbocycles. The zero-order chi connectivity index (χ0) is 14.5. The number of esters is 2. The first-order valence-corrected chi connectivity index (χ1v) is 7.16. The first-order chi connectivity index (χ1) is 9.07. The molecule has 0 fully saturated rings. The van der Waals surface area contributed by atoms with Crippen LogP contribution in [0.4, 0.5) is 0 Å². The maximum Gasteiger partial charge on any atom is 0.345 e. The van der Waals surface area contributed by atoms with Crippen molar-refractivity contribution in [1.29, 1.82) is 0 Å². The van der Waals surface area contributed by atoms with Crippen molar-refractivity contribution in [2.45, 2.75) is 65.2 Å². The summed E-state index contributed by atoms with van der Waals surface area (Å²) in [5, 5.41) is 0. The second kappa shape index (κ2) is 11.7. The minimum Gasteiger partial charge on any atom is -0.390 e. The van der Waals surface area contributed by atoms with Crippen molar-refractivity contribution in [3.05, 3.63) is 24.3 Å². The van der Waals surface area contributed by atoms with Gasteiger partial charge in [0.15, 0.2) is 0 Å². The molecule has 0 aliphatic heterocycles. The summed E-state index contributed by atoms with van der Waals surface area (Å²) in [6.45, 7) is 6.98. The number of hydrogen-bond donors (Lipinski definition) is 0. The van der Waals surface area contributed by atoms with Crippen LogP contribution < -0.4 is 0 Å². The van der Waals surface area contributed by atoms with Gasteiger partial charge in [0.2, 0.25) is 0 Å². The van der Waals surface area contributed by atoms with Crippen molar-refractivity contribution < 1.29 is 14.3 Å². The van der Waals surface area contributed by atoms with Crippen molar-refractivity contribution in [3.63, 3.8) is 0 Å². The molecule has 108 valence electrons. The molecule has 3 nitrogen and oxygen atoms in total. The van der Waals surface area contributed by atoms with Crippen LogP contribution in [0.15, 0.2) is 24.3 Å². The Bertz CT molecular complexity index is 316. The number of unbranched alkanes of at least 4 members (excludes halogenated alkanes) is 7. The lowest BCUT2D eigenvalue weighted by Crippen LogP contribution is -2.09. The molecule has 0 aliphatic rings. The van der Waals surface area contributed by atoms with Gasteiger partial charge in [0.1, 0.15) is 0 Å². The van der Waals surface area contributed by atoms with Gasteiger partial charge in [0.25, 0.3) is 0 Å². The van der Waals surface area contributed by atoms with Gasteiger partial charge in [-0.15, -0.1) is 0 Å². The van der Waals surface area contributed by atoms with E-state index in [-0.39, 0.29) is 5.57 Å². The van der Waals surface area contributed by atoms with Gasteiger partial charge in [-0.2, -0.15) is 0 Å². The summed E-state index contributed by atoms with van der Waals surface area (Å²) < 4.78 is 4.42. The molecule has 19 heavy (non-hydrogen) atoms. The van der Waals surface area contributed by atoms with Gasteiger partial charge in [-0.1, -0.05) is 64.2 Å². The van der Waals surface area contributed by atoms with E-state index in [2.05, 4.69) is 18.2 Å². The van der Waals surface area contributed by atoms with Crippen LogP contribution in [0.3, 0.4) is 0 Å². The first-order valence-electron chi connectivity index (χ1n) is 7.16. The quantitative estimate of drug-likeness (QED) is 0.194. The maximum atomic E-state index is 11.2. The van der Waals surface area contributed by atoms with Gasteiger partial charge < -0.3 is 4.74 Å². The van der Waals surface area contributed by atoms with Gasteiger partial charge in [0.05, 0.1) is 5.57 Å². The van der Waals surface area contributed by atoms with Crippen LogP contribution in [0.5, 0.6) is 0 Å². The minimum atomic E-state index is -0.664. The Hall–Kier alpha value is -1.38. The molecule has 0 N–H and O–H groups in total. The lowest BCUT2D eigenvalue weighted by atomic mass is 10.1. The summed E-state index contributed by atoms with van der Waals surface area (Å²) in [4.78, 5) is 21.8. The number of allylic oxidation sites excluding steroid dienone is 1. The predicted molar refractivity (Wildman–Crippen MR) is 77.7 cm³/mol. The molecule has 0 bridgehead atoms. The molecule has 0 radical (unpaired) electrons. The molecule has 0 heterocycles. The van der Waals surface area contributed by atoms with Crippen LogP contribution in [-0.4, -0.2) is 11.9 Å². The minimum absolute atomic E-state index is 0.221. The highest BCUT2D eigenvalue weighted by Gasteiger charge is 2.07. The molecular weight excluding hydrogens is 240 g/mol. The highest BCUT2D eigenvalue weighted by Crippen LogP contribution is 2.09. The number of carbonyl (C=O) groups excluding carboxylic acids is 2. The first kappa shape index (κ1) is 17.6. The van der Waals surface area contributed by atoms with Crippen molar-refractivity contribution in [2.24, 2.45) is 0 Å². The van der Waals surface area contributed by atoms with Crippen LogP contribution in [0.1, 0.15) is 65.2 Å². The Morgan fingerprint density at radius 1 is 1.05 bits per heavy atom. The summed E-state index contributed by atoms with van der Waals surface area (Å²) >= 11 is 0. The Labute approximate surface area is 116 Å². The zero-order valence-corrected chi connectivity index (χ0v) is 12.2. The van der Waals surface area contributed by atoms with Gasteiger partial charge >= 0.3 is 11.9 Å². The molecule has 0 saturated heterocycles. The van der Waals surface area contributed by atoms with Crippen LogP contribution in [0.2, 0.25) is 0 Å². The van der Waals surface area contributed by atoms with E-state index >= 15 is 0 Å². The molecule has 0 rings (SSSR count). The molecule has 3 heteroatoms. The second-order valence-corrected chi connectivity index (χ2v) is 4.72. The number of ether oxygens (including phenoxy) is 1. The van der Waals surface area contributed by atoms with E-state index in [0.29, 0.717) is 0 Å². The number of hydrogen-bond acceptors (Lipinski definition) is 3. The average molecular weight is 266 g/mol. The molecule has 0 unspecified atom stereocenters.